The number of nitrogens with zero attached hydrogens (tertiary/aromatic N) is 3. The second-order valence-electron chi connectivity index (χ2n) is 6.72. The lowest BCUT2D eigenvalue weighted by Crippen LogP contribution is -2.05. The quantitative estimate of drug-likeness (QED) is 0.589. The summed E-state index contributed by atoms with van der Waals surface area (Å²) in [6.07, 6.45) is 10.2. The third-order valence-corrected chi connectivity index (χ3v) is 4.84. The molecule has 0 aliphatic heterocycles. The molecule has 0 saturated carbocycles. The van der Waals surface area contributed by atoms with Crippen molar-refractivity contribution in [2.24, 2.45) is 0 Å². The van der Waals surface area contributed by atoms with E-state index in [9.17, 15) is 4.79 Å². The predicted octanol–water partition coefficient (Wildman–Crippen LogP) is 4.86. The fourth-order valence-electron chi connectivity index (χ4n) is 3.50. The van der Waals surface area contributed by atoms with Crippen LogP contribution in [0.25, 0.3) is 16.8 Å². The number of benzene rings is 1. The highest BCUT2D eigenvalue weighted by Gasteiger charge is 2.21. The molecule has 5 nitrogen and oxygen atoms in total. The van der Waals surface area contributed by atoms with Gasteiger partial charge in [0.2, 0.25) is 0 Å². The molecule has 5 heteroatoms. The van der Waals surface area contributed by atoms with Gasteiger partial charge in [-0.3, -0.25) is 9.20 Å². The monoisotopic (exact) mass is 350 g/mol. The van der Waals surface area contributed by atoms with Crippen molar-refractivity contribution in [1.29, 1.82) is 0 Å². The number of nitrogen functional groups attached to an aromatic ring is 1. The molecule has 0 radical (unpaired) electrons. The van der Waals surface area contributed by atoms with Gasteiger partial charge in [0.25, 0.3) is 0 Å². The van der Waals surface area contributed by atoms with E-state index in [4.69, 9.17) is 10.7 Å². The Labute approximate surface area is 154 Å². The van der Waals surface area contributed by atoms with Crippen LogP contribution in [0.3, 0.4) is 0 Å². The summed E-state index contributed by atoms with van der Waals surface area (Å²) >= 11 is 0. The van der Waals surface area contributed by atoms with Crippen LogP contribution in [0, 0.1) is 0 Å². The standard InChI is InChI=1S/C21H26N4O/c1-3-5-7-17(6-4-2)21-24-18(16-10-8-15(14-26)9-11-16)19-20(22)23-12-13-25(19)21/h8-14,17H,3-7H2,1-2H3,(H2,22,23). The minimum absolute atomic E-state index is 0.400. The van der Waals surface area contributed by atoms with Gasteiger partial charge < -0.3 is 5.73 Å². The van der Waals surface area contributed by atoms with Gasteiger partial charge in [-0.05, 0) is 12.8 Å². The Bertz CT molecular complexity index is 883. The third kappa shape index (κ3) is 3.47. The molecule has 2 heterocycles. The van der Waals surface area contributed by atoms with Gasteiger partial charge in [0.05, 0.1) is 0 Å². The predicted molar refractivity (Wildman–Crippen MR) is 105 cm³/mol. The van der Waals surface area contributed by atoms with Gasteiger partial charge in [0.1, 0.15) is 29.1 Å². The first kappa shape index (κ1) is 18.1. The van der Waals surface area contributed by atoms with Crippen LogP contribution in [0.4, 0.5) is 5.82 Å². The number of nitrogens with two attached hydrogens (primary N) is 1. The molecular weight excluding hydrogens is 324 g/mol. The Kier molecular flexibility index (Phi) is 5.66. The number of unbranched alkanes of at least 4 members (excludes halogenated alkanes) is 1. The Hall–Kier alpha value is -2.69. The van der Waals surface area contributed by atoms with Crippen molar-refractivity contribution in [2.75, 3.05) is 5.73 Å². The van der Waals surface area contributed by atoms with Gasteiger partial charge in [-0.2, -0.15) is 0 Å². The topological polar surface area (TPSA) is 73.3 Å². The first-order chi connectivity index (χ1) is 12.7. The number of imidazole rings is 1. The normalized spacial score (nSPS) is 12.4. The van der Waals surface area contributed by atoms with E-state index < -0.39 is 0 Å². The van der Waals surface area contributed by atoms with E-state index in [1.165, 1.54) is 12.8 Å². The lowest BCUT2D eigenvalue weighted by molar-refractivity contribution is 0.112. The molecule has 0 saturated heterocycles. The molecule has 0 aliphatic carbocycles. The van der Waals surface area contributed by atoms with Crippen molar-refractivity contribution in [3.8, 4) is 11.3 Å². The Morgan fingerprint density at radius 2 is 1.92 bits per heavy atom. The zero-order chi connectivity index (χ0) is 18.5. The molecule has 26 heavy (non-hydrogen) atoms. The second kappa shape index (κ2) is 8.13. The van der Waals surface area contributed by atoms with Gasteiger partial charge in [-0.1, -0.05) is 57.4 Å². The van der Waals surface area contributed by atoms with Crippen LogP contribution in [-0.2, 0) is 0 Å². The van der Waals surface area contributed by atoms with Gasteiger partial charge >= 0.3 is 0 Å². The molecule has 2 aromatic heterocycles. The average Bonchev–Trinajstić information content (AvgIpc) is 3.06. The number of aromatic nitrogens is 3. The van der Waals surface area contributed by atoms with Crippen LogP contribution in [0.15, 0.2) is 36.7 Å². The molecule has 0 spiro atoms. The maximum absolute atomic E-state index is 10.9. The Morgan fingerprint density at radius 1 is 1.15 bits per heavy atom. The van der Waals surface area contributed by atoms with E-state index in [0.29, 0.717) is 17.3 Å². The lowest BCUT2D eigenvalue weighted by atomic mass is 9.96. The zero-order valence-electron chi connectivity index (χ0n) is 15.5. The van der Waals surface area contributed by atoms with Gasteiger partial charge in [-0.25, -0.2) is 9.97 Å². The molecule has 1 unspecified atom stereocenters. The van der Waals surface area contributed by atoms with Gasteiger partial charge in [0.15, 0.2) is 0 Å². The van der Waals surface area contributed by atoms with Crippen molar-refractivity contribution < 1.29 is 4.79 Å². The van der Waals surface area contributed by atoms with Crippen LogP contribution in [0.1, 0.15) is 68.1 Å². The van der Waals surface area contributed by atoms with Crippen LogP contribution in [-0.4, -0.2) is 20.7 Å². The summed E-state index contributed by atoms with van der Waals surface area (Å²) in [4.78, 5) is 20.2. The zero-order valence-corrected chi connectivity index (χ0v) is 15.5. The highest BCUT2D eigenvalue weighted by molar-refractivity contribution is 5.86. The van der Waals surface area contributed by atoms with Gasteiger partial charge in [-0.15, -0.1) is 0 Å². The highest BCUT2D eigenvalue weighted by atomic mass is 16.1. The summed E-state index contributed by atoms with van der Waals surface area (Å²) in [6.45, 7) is 4.43. The third-order valence-electron chi connectivity index (χ3n) is 4.84. The number of aldehydes is 1. The van der Waals surface area contributed by atoms with Crippen LogP contribution in [0.2, 0.25) is 0 Å². The van der Waals surface area contributed by atoms with E-state index in [1.54, 1.807) is 18.3 Å². The molecule has 0 amide bonds. The lowest BCUT2D eigenvalue weighted by Gasteiger charge is -2.14. The van der Waals surface area contributed by atoms with E-state index in [0.717, 1.165) is 48.1 Å². The summed E-state index contributed by atoms with van der Waals surface area (Å²) in [5.41, 5.74) is 9.49. The number of hydrogen-bond donors (Lipinski definition) is 1. The van der Waals surface area contributed by atoms with Crippen molar-refractivity contribution in [3.05, 3.63) is 48.0 Å². The molecule has 2 N–H and O–H groups in total. The number of fused-ring (bicyclic) bond motifs is 1. The second-order valence-corrected chi connectivity index (χ2v) is 6.72. The van der Waals surface area contributed by atoms with Crippen molar-refractivity contribution in [1.82, 2.24) is 14.4 Å². The fraction of sp³-hybridized carbons (Fsp3) is 0.381. The maximum Gasteiger partial charge on any atom is 0.150 e. The molecule has 1 atom stereocenters. The van der Waals surface area contributed by atoms with Crippen molar-refractivity contribution in [3.63, 3.8) is 0 Å². The highest BCUT2D eigenvalue weighted by Crippen LogP contribution is 2.34. The molecule has 0 fully saturated rings. The molecule has 1 aromatic carbocycles. The number of carbonyl (C=O) groups excluding carboxylic acids is 1. The van der Waals surface area contributed by atoms with E-state index in [-0.39, 0.29) is 0 Å². The van der Waals surface area contributed by atoms with Crippen LogP contribution < -0.4 is 5.73 Å². The summed E-state index contributed by atoms with van der Waals surface area (Å²) < 4.78 is 2.10. The molecule has 0 bridgehead atoms. The minimum atomic E-state index is 0.400. The van der Waals surface area contributed by atoms with Crippen LogP contribution in [0.5, 0.6) is 0 Å². The Balaban J connectivity index is 2.15. The fourth-order valence-corrected chi connectivity index (χ4v) is 3.50. The number of hydrogen-bond acceptors (Lipinski definition) is 4. The number of rotatable bonds is 8. The van der Waals surface area contributed by atoms with Gasteiger partial charge in [0, 0.05) is 29.4 Å². The summed E-state index contributed by atoms with van der Waals surface area (Å²) in [5.74, 6) is 1.93. The molecule has 3 rings (SSSR count). The van der Waals surface area contributed by atoms with E-state index in [2.05, 4.69) is 23.2 Å². The van der Waals surface area contributed by atoms with Crippen LogP contribution >= 0.6 is 0 Å². The maximum atomic E-state index is 10.9. The smallest absolute Gasteiger partial charge is 0.150 e. The average molecular weight is 350 g/mol. The number of anilines is 1. The van der Waals surface area contributed by atoms with E-state index >= 15 is 0 Å². The van der Waals surface area contributed by atoms with Crippen molar-refractivity contribution in [2.45, 2.75) is 51.9 Å². The van der Waals surface area contributed by atoms with Crippen molar-refractivity contribution >= 4 is 17.6 Å². The van der Waals surface area contributed by atoms with E-state index in [1.807, 2.05) is 18.3 Å². The first-order valence-corrected chi connectivity index (χ1v) is 9.37. The largest absolute Gasteiger partial charge is 0.382 e. The Morgan fingerprint density at radius 3 is 2.58 bits per heavy atom. The first-order valence-electron chi connectivity index (χ1n) is 9.37. The molecule has 136 valence electrons. The summed E-state index contributed by atoms with van der Waals surface area (Å²) in [5, 5.41) is 0. The molecule has 3 aromatic rings. The summed E-state index contributed by atoms with van der Waals surface area (Å²) in [6, 6.07) is 7.45. The SMILES string of the molecule is CCCCC(CCC)c1nc(-c2ccc(C=O)cc2)c2c(N)nccn12. The molecular formula is C21H26N4O. The summed E-state index contributed by atoms with van der Waals surface area (Å²) in [7, 11) is 0. The minimum Gasteiger partial charge on any atom is -0.382 e. The number of carbonyl (C=O) groups is 1. The molecule has 0 aliphatic rings.